The smallest absolute Gasteiger partial charge is 0.319 e. The first kappa shape index (κ1) is 23.6. The van der Waals surface area contributed by atoms with Crippen molar-refractivity contribution in [1.82, 2.24) is 15.5 Å². The lowest BCUT2D eigenvalue weighted by atomic mass is 9.88. The van der Waals surface area contributed by atoms with Crippen LogP contribution in [0.15, 0.2) is 66.7 Å². The maximum absolute atomic E-state index is 12.8. The summed E-state index contributed by atoms with van der Waals surface area (Å²) in [7, 11) is 1.57. The predicted molar refractivity (Wildman–Crippen MR) is 135 cm³/mol. The van der Waals surface area contributed by atoms with Gasteiger partial charge in [-0.15, -0.1) is 0 Å². The molecule has 174 valence electrons. The van der Waals surface area contributed by atoms with Crippen molar-refractivity contribution >= 4 is 46.8 Å². The van der Waals surface area contributed by atoms with Crippen LogP contribution >= 0.6 is 23.2 Å². The van der Waals surface area contributed by atoms with Gasteiger partial charge in [0.1, 0.15) is 5.54 Å². The maximum atomic E-state index is 12.8. The molecule has 7 nitrogen and oxygen atoms in total. The molecule has 0 aliphatic carbocycles. The van der Waals surface area contributed by atoms with E-state index >= 15 is 0 Å². The van der Waals surface area contributed by atoms with Crippen LogP contribution in [0.5, 0.6) is 0 Å². The second-order valence-electron chi connectivity index (χ2n) is 8.16. The van der Waals surface area contributed by atoms with Crippen LogP contribution in [-0.2, 0) is 16.9 Å². The Kier molecular flexibility index (Phi) is 6.50. The molecule has 0 spiro atoms. The molecule has 3 aromatic rings. The van der Waals surface area contributed by atoms with Gasteiger partial charge in [0.2, 0.25) is 0 Å². The molecule has 4 rings (SSSR count). The average molecular weight is 496 g/mol. The molecule has 4 N–H and O–H groups in total. The molecule has 9 heteroatoms. The molecule has 3 aromatic carbocycles. The molecule has 34 heavy (non-hydrogen) atoms. The number of halogens is 2. The van der Waals surface area contributed by atoms with Crippen molar-refractivity contribution < 1.29 is 9.59 Å². The van der Waals surface area contributed by atoms with E-state index in [4.69, 9.17) is 28.6 Å². The van der Waals surface area contributed by atoms with E-state index in [9.17, 15) is 9.59 Å². The molecule has 1 saturated heterocycles. The number of likely N-dealkylation sites (N-methyl/N-ethyl adjacent to an activating group) is 1. The molecular weight excluding hydrogens is 473 g/mol. The number of nitrogens with zero attached hydrogens (tertiary/aromatic N) is 1. The Hall–Kier alpha value is -3.55. The van der Waals surface area contributed by atoms with Gasteiger partial charge >= 0.3 is 6.03 Å². The fourth-order valence-corrected chi connectivity index (χ4v) is 4.16. The van der Waals surface area contributed by atoms with Gasteiger partial charge < -0.3 is 16.0 Å². The molecule has 0 aromatic heterocycles. The van der Waals surface area contributed by atoms with Gasteiger partial charge in [-0.2, -0.15) is 0 Å². The Labute approximate surface area is 207 Å². The van der Waals surface area contributed by atoms with Crippen molar-refractivity contribution in [3.63, 3.8) is 0 Å². The summed E-state index contributed by atoms with van der Waals surface area (Å²) in [5, 5.41) is 17.7. The molecule has 1 atom stereocenters. The Morgan fingerprint density at radius 1 is 1.06 bits per heavy atom. The number of hydrogen-bond acceptors (Lipinski definition) is 3. The van der Waals surface area contributed by atoms with Gasteiger partial charge in [0.05, 0.1) is 0 Å². The first-order valence-corrected chi connectivity index (χ1v) is 11.3. The third kappa shape index (κ3) is 4.71. The van der Waals surface area contributed by atoms with Crippen LogP contribution in [0.2, 0.25) is 10.0 Å². The Morgan fingerprint density at radius 2 is 1.76 bits per heavy atom. The number of urea groups is 1. The summed E-state index contributed by atoms with van der Waals surface area (Å²) < 4.78 is 0. The third-order valence-corrected chi connectivity index (χ3v) is 6.29. The van der Waals surface area contributed by atoms with Gasteiger partial charge in [-0.1, -0.05) is 47.5 Å². The lowest BCUT2D eigenvalue weighted by Crippen LogP contribution is -2.40. The van der Waals surface area contributed by atoms with Crippen molar-refractivity contribution in [1.29, 1.82) is 5.41 Å². The molecule has 1 aliphatic heterocycles. The third-order valence-electron chi connectivity index (χ3n) is 5.80. The minimum atomic E-state index is -1.04. The van der Waals surface area contributed by atoms with Crippen LogP contribution < -0.4 is 16.0 Å². The quantitative estimate of drug-likeness (QED) is 0.391. The van der Waals surface area contributed by atoms with Crippen LogP contribution in [0.1, 0.15) is 18.1 Å². The monoisotopic (exact) mass is 495 g/mol. The van der Waals surface area contributed by atoms with Crippen LogP contribution in [0.25, 0.3) is 11.1 Å². The molecular formula is C25H23Cl2N5O2. The van der Waals surface area contributed by atoms with Gasteiger partial charge in [0.25, 0.3) is 5.91 Å². The number of hydrogen-bond donors (Lipinski definition) is 4. The normalized spacial score (nSPS) is 17.5. The van der Waals surface area contributed by atoms with E-state index in [0.717, 1.165) is 22.3 Å². The second-order valence-corrected chi connectivity index (χ2v) is 9.03. The molecule has 0 bridgehead atoms. The minimum Gasteiger partial charge on any atom is -0.338 e. The number of rotatable bonds is 5. The second kappa shape index (κ2) is 9.37. The highest BCUT2D eigenvalue weighted by molar-refractivity contribution is 6.31. The zero-order valence-corrected chi connectivity index (χ0v) is 20.1. The number of guanidine groups is 1. The summed E-state index contributed by atoms with van der Waals surface area (Å²) in [5.41, 5.74) is 2.84. The van der Waals surface area contributed by atoms with E-state index in [-0.39, 0.29) is 24.4 Å². The average Bonchev–Trinajstić information content (AvgIpc) is 3.03. The van der Waals surface area contributed by atoms with Crippen molar-refractivity contribution in [2.75, 3.05) is 12.4 Å². The predicted octanol–water partition coefficient (Wildman–Crippen LogP) is 5.19. The van der Waals surface area contributed by atoms with E-state index in [2.05, 4.69) is 16.0 Å². The van der Waals surface area contributed by atoms with Crippen LogP contribution in [0, 0.1) is 5.41 Å². The first-order chi connectivity index (χ1) is 16.2. The zero-order valence-electron chi connectivity index (χ0n) is 18.6. The summed E-state index contributed by atoms with van der Waals surface area (Å²) in [4.78, 5) is 26.5. The van der Waals surface area contributed by atoms with Gasteiger partial charge in [-0.25, -0.2) is 4.79 Å². The van der Waals surface area contributed by atoms with E-state index in [1.54, 1.807) is 44.3 Å². The van der Waals surface area contributed by atoms with Gasteiger partial charge in [-0.3, -0.25) is 15.1 Å². The Morgan fingerprint density at radius 3 is 2.44 bits per heavy atom. The Bertz CT molecular complexity index is 1280. The van der Waals surface area contributed by atoms with Crippen molar-refractivity contribution in [3.05, 3.63) is 87.9 Å². The molecule has 0 radical (unpaired) electrons. The standard InChI is InChI=1S/C25H23Cl2N5O2/c1-25(22(33)32(2)23(28)31-25)17-5-3-4-15(12-17)21-13-19(27)7-6-16(21)14-29-24(34)30-20-10-8-18(26)9-11-20/h3-13H,14H2,1-2H3,(H2,28,31)(H2,29,30,34). The molecule has 1 heterocycles. The van der Waals surface area contributed by atoms with Crippen LogP contribution in [-0.4, -0.2) is 29.8 Å². The number of anilines is 1. The summed E-state index contributed by atoms with van der Waals surface area (Å²) in [6.07, 6.45) is 0. The number of benzene rings is 3. The van der Waals surface area contributed by atoms with E-state index in [1.165, 1.54) is 4.90 Å². The van der Waals surface area contributed by atoms with Gasteiger partial charge in [0.15, 0.2) is 5.96 Å². The summed E-state index contributed by atoms with van der Waals surface area (Å²) in [5.74, 6) is -0.154. The molecule has 3 amide bonds. The van der Waals surface area contributed by atoms with E-state index < -0.39 is 5.54 Å². The van der Waals surface area contributed by atoms with E-state index in [0.29, 0.717) is 15.7 Å². The molecule has 1 aliphatic rings. The first-order valence-electron chi connectivity index (χ1n) is 10.5. The van der Waals surface area contributed by atoms with Crippen molar-refractivity contribution in [2.45, 2.75) is 19.0 Å². The lowest BCUT2D eigenvalue weighted by Gasteiger charge is -2.23. The summed E-state index contributed by atoms with van der Waals surface area (Å²) >= 11 is 12.2. The summed E-state index contributed by atoms with van der Waals surface area (Å²) in [6, 6.07) is 19.5. The highest BCUT2D eigenvalue weighted by atomic mass is 35.5. The number of amides is 3. The van der Waals surface area contributed by atoms with Crippen LogP contribution in [0.4, 0.5) is 10.5 Å². The number of nitrogens with one attached hydrogen (secondary N) is 4. The van der Waals surface area contributed by atoms with Crippen LogP contribution in [0.3, 0.4) is 0 Å². The number of carbonyl (C=O) groups excluding carboxylic acids is 2. The minimum absolute atomic E-state index is 0.0530. The molecule has 1 unspecified atom stereocenters. The van der Waals surface area contributed by atoms with E-state index in [1.807, 2.05) is 36.4 Å². The molecule has 0 saturated carbocycles. The van der Waals surface area contributed by atoms with Crippen molar-refractivity contribution in [2.24, 2.45) is 0 Å². The largest absolute Gasteiger partial charge is 0.338 e. The van der Waals surface area contributed by atoms with Gasteiger partial charge in [0, 0.05) is 29.3 Å². The zero-order chi connectivity index (χ0) is 24.5. The Balaban J connectivity index is 1.57. The fraction of sp³-hybridized carbons (Fsp3) is 0.160. The van der Waals surface area contributed by atoms with Crippen molar-refractivity contribution in [3.8, 4) is 11.1 Å². The topological polar surface area (TPSA) is 97.3 Å². The molecule has 1 fully saturated rings. The fourth-order valence-electron chi connectivity index (χ4n) is 3.86. The number of carbonyl (C=O) groups is 2. The van der Waals surface area contributed by atoms with Gasteiger partial charge in [-0.05, 0) is 71.6 Å². The maximum Gasteiger partial charge on any atom is 0.319 e. The summed E-state index contributed by atoms with van der Waals surface area (Å²) in [6.45, 7) is 2.02. The SMILES string of the molecule is CN1C(=N)NC(C)(c2cccc(-c3cc(Cl)ccc3CNC(=O)Nc3ccc(Cl)cc3)c2)C1=O. The highest BCUT2D eigenvalue weighted by Gasteiger charge is 2.45. The lowest BCUT2D eigenvalue weighted by molar-refractivity contribution is -0.129. The highest BCUT2D eigenvalue weighted by Crippen LogP contribution is 2.33.